The molecule has 2 aliphatic rings. The van der Waals surface area contributed by atoms with Crippen LogP contribution in [0.15, 0.2) is 12.1 Å². The van der Waals surface area contributed by atoms with E-state index in [1.54, 1.807) is 0 Å². The number of hydrogen-bond acceptors (Lipinski definition) is 1. The van der Waals surface area contributed by atoms with Gasteiger partial charge in [0.15, 0.2) is 0 Å². The number of hydrogen-bond donors (Lipinski definition) is 0. The van der Waals surface area contributed by atoms with E-state index < -0.39 is 16.7 Å². The van der Waals surface area contributed by atoms with Gasteiger partial charge in [-0.15, -0.1) is 0 Å². The molecule has 3 rings (SSSR count). The van der Waals surface area contributed by atoms with Crippen LogP contribution in [0, 0.1) is 23.5 Å². The summed E-state index contributed by atoms with van der Waals surface area (Å²) in [6, 6.07) is 2.63. The van der Waals surface area contributed by atoms with Crippen LogP contribution in [-0.2, 0) is 0 Å². The van der Waals surface area contributed by atoms with Crippen molar-refractivity contribution in [2.24, 2.45) is 11.8 Å². The Hall–Kier alpha value is -0.830. The summed E-state index contributed by atoms with van der Waals surface area (Å²) in [5.74, 6) is 0.137. The minimum atomic E-state index is -0.674. The molecular weight excluding hydrogens is 220 g/mol. The van der Waals surface area contributed by atoms with Gasteiger partial charge >= 0.3 is 0 Å². The molecule has 0 spiro atoms. The predicted molar refractivity (Wildman–Crippen MR) is 55.2 cm³/mol. The summed E-state index contributed by atoms with van der Waals surface area (Å²) in [5, 5.41) is -0.414. The molecule has 1 aliphatic heterocycles. The number of benzene rings is 1. The number of rotatable bonds is 1. The van der Waals surface area contributed by atoms with E-state index in [9.17, 15) is 8.78 Å². The van der Waals surface area contributed by atoms with Crippen molar-refractivity contribution in [2.75, 3.05) is 18.0 Å². The lowest BCUT2D eigenvalue weighted by Crippen LogP contribution is -2.22. The fourth-order valence-electron chi connectivity index (χ4n) is 2.33. The number of nitrogens with zero attached hydrogens (tertiary/aromatic N) is 1. The van der Waals surface area contributed by atoms with Crippen molar-refractivity contribution >= 4 is 17.3 Å². The lowest BCUT2D eigenvalue weighted by molar-refractivity contribution is 0.583. The third kappa shape index (κ3) is 1.49. The van der Waals surface area contributed by atoms with Gasteiger partial charge in [-0.2, -0.15) is 0 Å². The lowest BCUT2D eigenvalue weighted by Gasteiger charge is -2.20. The maximum absolute atomic E-state index is 13.2. The van der Waals surface area contributed by atoms with E-state index in [4.69, 9.17) is 11.6 Å². The molecule has 15 heavy (non-hydrogen) atoms. The van der Waals surface area contributed by atoms with Gasteiger partial charge < -0.3 is 4.90 Å². The molecule has 0 amide bonds. The molecule has 1 aromatic carbocycles. The molecule has 1 aromatic rings. The van der Waals surface area contributed by atoms with E-state index in [0.717, 1.165) is 24.9 Å². The lowest BCUT2D eigenvalue weighted by atomic mass is 10.2. The van der Waals surface area contributed by atoms with Gasteiger partial charge in [-0.05, 0) is 30.4 Å². The Balaban J connectivity index is 1.91. The number of fused-ring (bicyclic) bond motifs is 1. The van der Waals surface area contributed by atoms with Crippen molar-refractivity contribution in [3.63, 3.8) is 0 Å². The average molecular weight is 230 g/mol. The molecule has 0 N–H and O–H groups in total. The second-order valence-electron chi connectivity index (χ2n) is 4.38. The van der Waals surface area contributed by atoms with Gasteiger partial charge in [-0.1, -0.05) is 11.6 Å². The predicted octanol–water partition coefficient (Wildman–Crippen LogP) is 3.07. The zero-order valence-corrected chi connectivity index (χ0v) is 8.77. The molecule has 0 radical (unpaired) electrons. The van der Waals surface area contributed by atoms with E-state index in [0.29, 0.717) is 5.69 Å². The second kappa shape index (κ2) is 3.08. The molecule has 2 fully saturated rings. The van der Waals surface area contributed by atoms with Crippen LogP contribution in [-0.4, -0.2) is 13.1 Å². The maximum Gasteiger partial charge on any atom is 0.146 e. The molecule has 1 heterocycles. The van der Waals surface area contributed by atoms with E-state index in [2.05, 4.69) is 0 Å². The SMILES string of the molecule is Fc1cc(N2CC3CC3C2)cc(F)c1Cl. The summed E-state index contributed by atoms with van der Waals surface area (Å²) < 4.78 is 26.4. The van der Waals surface area contributed by atoms with Crippen molar-refractivity contribution in [3.8, 4) is 0 Å². The molecule has 4 heteroatoms. The molecule has 0 aromatic heterocycles. The molecule has 80 valence electrons. The normalized spacial score (nSPS) is 28.1. The third-order valence-corrected chi connectivity index (χ3v) is 3.67. The molecule has 1 aliphatic carbocycles. The highest BCUT2D eigenvalue weighted by atomic mass is 35.5. The topological polar surface area (TPSA) is 3.24 Å². The smallest absolute Gasteiger partial charge is 0.146 e. The summed E-state index contributed by atoms with van der Waals surface area (Å²) in [4.78, 5) is 2.03. The Labute approximate surface area is 91.6 Å². The molecule has 1 nitrogen and oxygen atoms in total. The van der Waals surface area contributed by atoms with Gasteiger partial charge in [0.1, 0.15) is 16.7 Å². The van der Waals surface area contributed by atoms with Crippen LogP contribution in [0.25, 0.3) is 0 Å². The van der Waals surface area contributed by atoms with Gasteiger partial charge in [-0.3, -0.25) is 0 Å². The Bertz CT molecular complexity index is 388. The van der Waals surface area contributed by atoms with E-state index in [1.165, 1.54) is 18.6 Å². The molecule has 2 unspecified atom stereocenters. The van der Waals surface area contributed by atoms with Gasteiger partial charge in [0.25, 0.3) is 0 Å². The average Bonchev–Trinajstić information content (AvgIpc) is 2.81. The number of piperidine rings is 1. The standard InChI is InChI=1S/C11H10ClF2N/c12-11-9(13)2-8(3-10(11)14)15-4-6-1-7(6)5-15/h2-3,6-7H,1,4-5H2. The third-order valence-electron chi connectivity index (χ3n) is 3.31. The van der Waals surface area contributed by atoms with Crippen molar-refractivity contribution < 1.29 is 8.78 Å². The van der Waals surface area contributed by atoms with Crippen molar-refractivity contribution in [2.45, 2.75) is 6.42 Å². The first-order valence-corrected chi connectivity index (χ1v) is 5.42. The van der Waals surface area contributed by atoms with Gasteiger partial charge in [0, 0.05) is 18.8 Å². The zero-order valence-electron chi connectivity index (χ0n) is 8.01. The first kappa shape index (κ1) is 9.40. The Kier molecular flexibility index (Phi) is 1.93. The largest absolute Gasteiger partial charge is 0.371 e. The second-order valence-corrected chi connectivity index (χ2v) is 4.76. The number of halogens is 3. The zero-order chi connectivity index (χ0) is 10.6. The Morgan fingerprint density at radius 1 is 1.13 bits per heavy atom. The minimum Gasteiger partial charge on any atom is -0.371 e. The van der Waals surface area contributed by atoms with E-state index in [-0.39, 0.29) is 0 Å². The van der Waals surface area contributed by atoms with Crippen LogP contribution < -0.4 is 4.90 Å². The highest BCUT2D eigenvalue weighted by Crippen LogP contribution is 2.46. The summed E-state index contributed by atoms with van der Waals surface area (Å²) >= 11 is 5.43. The fraction of sp³-hybridized carbons (Fsp3) is 0.455. The van der Waals surface area contributed by atoms with Crippen LogP contribution in [0.1, 0.15) is 6.42 Å². The van der Waals surface area contributed by atoms with Gasteiger partial charge in [0.05, 0.1) is 0 Å². The minimum absolute atomic E-state index is 0.414. The summed E-state index contributed by atoms with van der Waals surface area (Å²) in [5.41, 5.74) is 0.613. The van der Waals surface area contributed by atoms with Crippen LogP contribution in [0.4, 0.5) is 14.5 Å². The molecular formula is C11H10ClF2N. The van der Waals surface area contributed by atoms with Crippen molar-refractivity contribution in [3.05, 3.63) is 28.8 Å². The number of anilines is 1. The monoisotopic (exact) mass is 229 g/mol. The van der Waals surface area contributed by atoms with Gasteiger partial charge in [0.2, 0.25) is 0 Å². The first-order valence-electron chi connectivity index (χ1n) is 5.04. The Morgan fingerprint density at radius 3 is 2.20 bits per heavy atom. The summed E-state index contributed by atoms with van der Waals surface area (Å²) in [7, 11) is 0. The van der Waals surface area contributed by atoms with Crippen LogP contribution in [0.5, 0.6) is 0 Å². The van der Waals surface area contributed by atoms with Crippen LogP contribution in [0.3, 0.4) is 0 Å². The first-order chi connectivity index (χ1) is 7.15. The van der Waals surface area contributed by atoms with Crippen LogP contribution in [0.2, 0.25) is 5.02 Å². The highest BCUT2D eigenvalue weighted by Gasteiger charge is 2.45. The molecule has 1 saturated heterocycles. The highest BCUT2D eigenvalue weighted by molar-refractivity contribution is 6.30. The molecule has 0 bridgehead atoms. The van der Waals surface area contributed by atoms with E-state index >= 15 is 0 Å². The van der Waals surface area contributed by atoms with Gasteiger partial charge in [-0.25, -0.2) is 8.78 Å². The summed E-state index contributed by atoms with van der Waals surface area (Å²) in [6.45, 7) is 1.84. The van der Waals surface area contributed by atoms with Crippen molar-refractivity contribution in [1.82, 2.24) is 0 Å². The molecule has 2 atom stereocenters. The molecule has 1 saturated carbocycles. The van der Waals surface area contributed by atoms with Crippen molar-refractivity contribution in [1.29, 1.82) is 0 Å². The van der Waals surface area contributed by atoms with Crippen LogP contribution >= 0.6 is 11.6 Å². The summed E-state index contributed by atoms with van der Waals surface area (Å²) in [6.07, 6.45) is 1.27. The fourth-order valence-corrected chi connectivity index (χ4v) is 2.44. The van der Waals surface area contributed by atoms with E-state index in [1.807, 2.05) is 4.90 Å². The Morgan fingerprint density at radius 2 is 1.67 bits per heavy atom. The maximum atomic E-state index is 13.2. The quantitative estimate of drug-likeness (QED) is 0.669.